The predicted octanol–water partition coefficient (Wildman–Crippen LogP) is 3.03. The number of aryl methyl sites for hydroxylation is 1. The van der Waals surface area contributed by atoms with Gasteiger partial charge in [-0.1, -0.05) is 18.2 Å². The second kappa shape index (κ2) is 8.39. The monoisotopic (exact) mass is 343 g/mol. The molecule has 0 aliphatic heterocycles. The molecule has 6 heteroatoms. The van der Waals surface area contributed by atoms with Gasteiger partial charge in [0.05, 0.1) is 12.6 Å². The van der Waals surface area contributed by atoms with Crippen LogP contribution in [0.15, 0.2) is 48.5 Å². The predicted molar refractivity (Wildman–Crippen MR) is 96.9 cm³/mol. The van der Waals surface area contributed by atoms with Crippen LogP contribution in [0.5, 0.6) is 0 Å². The molecule has 0 aliphatic rings. The van der Waals surface area contributed by atoms with Crippen molar-refractivity contribution in [1.29, 1.82) is 0 Å². The first-order chi connectivity index (χ1) is 11.8. The van der Waals surface area contributed by atoms with Gasteiger partial charge in [0.25, 0.3) is 0 Å². The Balaban J connectivity index is 1.89. The number of nitrogens with zero attached hydrogens (tertiary/aromatic N) is 1. The molecule has 0 saturated heterocycles. The van der Waals surface area contributed by atoms with Gasteiger partial charge in [-0.2, -0.15) is 0 Å². The third kappa shape index (κ3) is 5.69. The molecule has 25 heavy (non-hydrogen) atoms. The molecule has 2 aromatic rings. The Morgan fingerprint density at radius 3 is 2.36 bits per heavy atom. The van der Waals surface area contributed by atoms with Gasteiger partial charge in [0.2, 0.25) is 11.8 Å². The van der Waals surface area contributed by atoms with Crippen LogP contribution in [0.2, 0.25) is 0 Å². The first-order valence-electron chi connectivity index (χ1n) is 7.98. The van der Waals surface area contributed by atoms with Crippen LogP contribution in [0.25, 0.3) is 0 Å². The zero-order chi connectivity index (χ0) is 18.4. The summed E-state index contributed by atoms with van der Waals surface area (Å²) in [6, 6.07) is 12.7. The largest absolute Gasteiger partial charge is 0.325 e. The lowest BCUT2D eigenvalue weighted by atomic mass is 10.2. The van der Waals surface area contributed by atoms with E-state index in [2.05, 4.69) is 10.6 Å². The third-order valence-corrected chi connectivity index (χ3v) is 3.83. The molecular weight excluding hydrogens is 321 g/mol. The third-order valence-electron chi connectivity index (χ3n) is 3.83. The second-order valence-corrected chi connectivity index (χ2v) is 6.01. The SMILES string of the molecule is Cc1cccc(NC(=O)C(C)N(C)CC(=O)Nc2cccc(F)c2)c1. The minimum atomic E-state index is -0.501. The van der Waals surface area contributed by atoms with Gasteiger partial charge in [0, 0.05) is 11.4 Å². The summed E-state index contributed by atoms with van der Waals surface area (Å²) in [5, 5.41) is 5.44. The number of likely N-dealkylation sites (N-methyl/N-ethyl adjacent to an activating group) is 1. The summed E-state index contributed by atoms with van der Waals surface area (Å²) < 4.78 is 13.1. The van der Waals surface area contributed by atoms with Crippen molar-refractivity contribution in [1.82, 2.24) is 4.90 Å². The van der Waals surface area contributed by atoms with E-state index in [1.165, 1.54) is 18.2 Å². The quantitative estimate of drug-likeness (QED) is 0.847. The first-order valence-corrected chi connectivity index (χ1v) is 7.98. The Morgan fingerprint density at radius 1 is 1.08 bits per heavy atom. The van der Waals surface area contributed by atoms with Gasteiger partial charge in [-0.3, -0.25) is 14.5 Å². The molecule has 0 radical (unpaired) electrons. The lowest BCUT2D eigenvalue weighted by Crippen LogP contribution is -2.43. The van der Waals surface area contributed by atoms with Crippen LogP contribution < -0.4 is 10.6 Å². The van der Waals surface area contributed by atoms with Crippen molar-refractivity contribution in [3.63, 3.8) is 0 Å². The summed E-state index contributed by atoms with van der Waals surface area (Å²) in [5.41, 5.74) is 2.15. The summed E-state index contributed by atoms with van der Waals surface area (Å²) in [6.07, 6.45) is 0. The number of hydrogen-bond acceptors (Lipinski definition) is 3. The fraction of sp³-hybridized carbons (Fsp3) is 0.263. The number of halogens is 1. The molecule has 0 fully saturated rings. The Hall–Kier alpha value is -2.73. The Bertz CT molecular complexity index is 764. The van der Waals surface area contributed by atoms with Crippen LogP contribution in [-0.2, 0) is 9.59 Å². The fourth-order valence-corrected chi connectivity index (χ4v) is 2.30. The van der Waals surface area contributed by atoms with Crippen molar-refractivity contribution in [3.8, 4) is 0 Å². The maximum Gasteiger partial charge on any atom is 0.241 e. The van der Waals surface area contributed by atoms with Gasteiger partial charge >= 0.3 is 0 Å². The van der Waals surface area contributed by atoms with Crippen molar-refractivity contribution in [2.24, 2.45) is 0 Å². The number of carbonyl (C=O) groups excluding carboxylic acids is 2. The van der Waals surface area contributed by atoms with E-state index in [1.54, 1.807) is 24.9 Å². The van der Waals surface area contributed by atoms with Crippen LogP contribution >= 0.6 is 0 Å². The van der Waals surface area contributed by atoms with Gasteiger partial charge < -0.3 is 10.6 Å². The maximum atomic E-state index is 13.1. The molecule has 0 bridgehead atoms. The van der Waals surface area contributed by atoms with E-state index in [0.29, 0.717) is 5.69 Å². The molecule has 132 valence electrons. The number of rotatable bonds is 6. The van der Waals surface area contributed by atoms with E-state index in [1.807, 2.05) is 31.2 Å². The van der Waals surface area contributed by atoms with E-state index < -0.39 is 11.9 Å². The highest BCUT2D eigenvalue weighted by Gasteiger charge is 2.20. The van der Waals surface area contributed by atoms with E-state index in [4.69, 9.17) is 0 Å². The smallest absolute Gasteiger partial charge is 0.241 e. The minimum absolute atomic E-state index is 0.0128. The van der Waals surface area contributed by atoms with Gasteiger partial charge in [-0.15, -0.1) is 0 Å². The fourth-order valence-electron chi connectivity index (χ4n) is 2.30. The average Bonchev–Trinajstić information content (AvgIpc) is 2.53. The van der Waals surface area contributed by atoms with Crippen molar-refractivity contribution in [2.45, 2.75) is 19.9 Å². The highest BCUT2D eigenvalue weighted by molar-refractivity contribution is 5.96. The van der Waals surface area contributed by atoms with Crippen molar-refractivity contribution in [3.05, 3.63) is 59.9 Å². The Labute approximate surface area is 146 Å². The van der Waals surface area contributed by atoms with Gasteiger partial charge in [-0.25, -0.2) is 4.39 Å². The zero-order valence-electron chi connectivity index (χ0n) is 14.5. The van der Waals surface area contributed by atoms with Crippen molar-refractivity contribution >= 4 is 23.2 Å². The molecule has 0 heterocycles. The molecule has 2 rings (SSSR count). The molecule has 2 amide bonds. The number of carbonyl (C=O) groups is 2. The van der Waals surface area contributed by atoms with Gasteiger partial charge in [-0.05, 0) is 56.8 Å². The number of hydrogen-bond donors (Lipinski definition) is 2. The van der Waals surface area contributed by atoms with E-state index >= 15 is 0 Å². The molecule has 0 aromatic heterocycles. The highest BCUT2D eigenvalue weighted by atomic mass is 19.1. The zero-order valence-corrected chi connectivity index (χ0v) is 14.5. The molecule has 5 nitrogen and oxygen atoms in total. The van der Waals surface area contributed by atoms with E-state index in [9.17, 15) is 14.0 Å². The number of nitrogens with one attached hydrogen (secondary N) is 2. The van der Waals surface area contributed by atoms with Gasteiger partial charge in [0.1, 0.15) is 5.82 Å². The molecular formula is C19H22FN3O2. The summed E-state index contributed by atoms with van der Waals surface area (Å²) >= 11 is 0. The first kappa shape index (κ1) is 18.6. The standard InChI is InChI=1S/C19H22FN3O2/c1-13-6-4-8-16(10-13)22-19(25)14(2)23(3)12-18(24)21-17-9-5-7-15(20)11-17/h4-11,14H,12H2,1-3H3,(H,21,24)(H,22,25). The lowest BCUT2D eigenvalue weighted by molar-refractivity contribution is -0.122. The Kier molecular flexibility index (Phi) is 6.25. The lowest BCUT2D eigenvalue weighted by Gasteiger charge is -2.23. The maximum absolute atomic E-state index is 13.1. The van der Waals surface area contributed by atoms with E-state index in [-0.39, 0.29) is 18.4 Å². The highest BCUT2D eigenvalue weighted by Crippen LogP contribution is 2.12. The van der Waals surface area contributed by atoms with Crippen molar-refractivity contribution in [2.75, 3.05) is 24.2 Å². The van der Waals surface area contributed by atoms with Crippen LogP contribution in [0, 0.1) is 12.7 Å². The molecule has 2 N–H and O–H groups in total. The molecule has 0 saturated carbocycles. The number of amides is 2. The molecule has 1 unspecified atom stereocenters. The normalized spacial score (nSPS) is 11.9. The number of benzene rings is 2. The Morgan fingerprint density at radius 2 is 1.72 bits per heavy atom. The van der Waals surface area contributed by atoms with Gasteiger partial charge in [0.15, 0.2) is 0 Å². The molecule has 2 aromatic carbocycles. The van der Waals surface area contributed by atoms with Crippen LogP contribution in [0.1, 0.15) is 12.5 Å². The summed E-state index contributed by atoms with van der Waals surface area (Å²) in [5.74, 6) is -0.938. The van der Waals surface area contributed by atoms with E-state index in [0.717, 1.165) is 11.3 Å². The van der Waals surface area contributed by atoms with Crippen LogP contribution in [-0.4, -0.2) is 36.3 Å². The van der Waals surface area contributed by atoms with Crippen molar-refractivity contribution < 1.29 is 14.0 Å². The molecule has 0 spiro atoms. The number of anilines is 2. The minimum Gasteiger partial charge on any atom is -0.325 e. The molecule has 1 atom stereocenters. The summed E-state index contributed by atoms with van der Waals surface area (Å²) in [6.45, 7) is 3.68. The average molecular weight is 343 g/mol. The van der Waals surface area contributed by atoms with Crippen LogP contribution in [0.4, 0.5) is 15.8 Å². The second-order valence-electron chi connectivity index (χ2n) is 6.01. The molecule has 0 aliphatic carbocycles. The van der Waals surface area contributed by atoms with Crippen LogP contribution in [0.3, 0.4) is 0 Å². The summed E-state index contributed by atoms with van der Waals surface area (Å²) in [7, 11) is 1.69. The summed E-state index contributed by atoms with van der Waals surface area (Å²) in [4.78, 5) is 26.0. The topological polar surface area (TPSA) is 61.4 Å².